The Balaban J connectivity index is 3.14. The van der Waals surface area contributed by atoms with E-state index in [0.29, 0.717) is 0 Å². The Morgan fingerprint density at radius 3 is 2.67 bits per heavy atom. The van der Waals surface area contributed by atoms with Gasteiger partial charge >= 0.3 is 11.5 Å². The number of aromatic nitrogens is 2. The van der Waals surface area contributed by atoms with E-state index in [1.54, 1.807) is 0 Å². The topological polar surface area (TPSA) is 92.0 Å². The quantitative estimate of drug-likeness (QED) is 0.528. The van der Waals surface area contributed by atoms with Crippen LogP contribution in [0.15, 0.2) is 15.7 Å². The molecule has 0 fully saturated rings. The van der Waals surface area contributed by atoms with Crippen molar-refractivity contribution in [1.82, 2.24) is 10.2 Å². The van der Waals surface area contributed by atoms with Crippen LogP contribution in [0.25, 0.3) is 0 Å². The summed E-state index contributed by atoms with van der Waals surface area (Å²) >= 11 is 0. The minimum absolute atomic E-state index is 0.300. The zero-order chi connectivity index (χ0) is 9.14. The lowest BCUT2D eigenvalue weighted by Crippen LogP contribution is -2.21. The molecule has 1 rings (SSSR count). The molecule has 0 aliphatic carbocycles. The Morgan fingerprint density at radius 1 is 1.42 bits per heavy atom. The number of aromatic amines is 2. The number of hydrogen-bond acceptors (Lipinski definition) is 4. The summed E-state index contributed by atoms with van der Waals surface area (Å²) in [7, 11) is 0. The van der Waals surface area contributed by atoms with Crippen LogP contribution in [-0.4, -0.2) is 16.2 Å². The molecule has 0 aliphatic heterocycles. The molecule has 64 valence electrons. The van der Waals surface area contributed by atoms with Crippen molar-refractivity contribution in [3.05, 3.63) is 26.8 Å². The van der Waals surface area contributed by atoms with Gasteiger partial charge in [0.1, 0.15) is 0 Å². The van der Waals surface area contributed by atoms with E-state index in [2.05, 4.69) is 4.74 Å². The number of esters is 1. The minimum Gasteiger partial charge on any atom is -0.421 e. The van der Waals surface area contributed by atoms with Crippen molar-refractivity contribution in [2.75, 3.05) is 0 Å². The molecule has 6 heteroatoms. The SMILES string of the molecule is CC(=O)Oc1cc(=O)[nH][nH]c1=O. The van der Waals surface area contributed by atoms with Gasteiger partial charge < -0.3 is 4.74 Å². The van der Waals surface area contributed by atoms with E-state index >= 15 is 0 Å². The highest BCUT2D eigenvalue weighted by Crippen LogP contribution is 1.94. The van der Waals surface area contributed by atoms with Gasteiger partial charge in [0.05, 0.1) is 6.07 Å². The lowest BCUT2D eigenvalue weighted by molar-refractivity contribution is -0.131. The number of carbonyl (C=O) groups is 1. The second kappa shape index (κ2) is 3.04. The Labute approximate surface area is 66.2 Å². The molecule has 0 saturated carbocycles. The molecule has 0 saturated heterocycles. The standard InChI is InChI=1S/C6H6N2O4/c1-3(9)12-4-2-5(10)7-8-6(4)11/h2H,1H3,(H,7,10)(H,8,11). The predicted octanol–water partition coefficient (Wildman–Crippen LogP) is -1.01. The van der Waals surface area contributed by atoms with Gasteiger partial charge in [0.25, 0.3) is 5.56 Å². The van der Waals surface area contributed by atoms with Crippen LogP contribution < -0.4 is 15.9 Å². The van der Waals surface area contributed by atoms with E-state index in [0.717, 1.165) is 13.0 Å². The van der Waals surface area contributed by atoms with Crippen LogP contribution in [0.5, 0.6) is 5.75 Å². The fourth-order valence-corrected chi connectivity index (χ4v) is 0.631. The average Bonchev–Trinajstić information content (AvgIpc) is 1.96. The van der Waals surface area contributed by atoms with Crippen LogP contribution in [0.3, 0.4) is 0 Å². The molecule has 1 heterocycles. The second-order valence-corrected chi connectivity index (χ2v) is 2.05. The Hall–Kier alpha value is -1.85. The molecule has 0 unspecified atom stereocenters. The number of carbonyl (C=O) groups excluding carboxylic acids is 1. The van der Waals surface area contributed by atoms with Crippen molar-refractivity contribution >= 4 is 5.97 Å². The zero-order valence-corrected chi connectivity index (χ0v) is 6.21. The highest BCUT2D eigenvalue weighted by Gasteiger charge is 2.03. The summed E-state index contributed by atoms with van der Waals surface area (Å²) in [6.07, 6.45) is 0. The highest BCUT2D eigenvalue weighted by molar-refractivity contribution is 5.68. The fraction of sp³-hybridized carbons (Fsp3) is 0.167. The van der Waals surface area contributed by atoms with Gasteiger partial charge in [-0.25, -0.2) is 0 Å². The van der Waals surface area contributed by atoms with E-state index in [1.165, 1.54) is 0 Å². The molecular weight excluding hydrogens is 164 g/mol. The monoisotopic (exact) mass is 170 g/mol. The maximum atomic E-state index is 10.8. The van der Waals surface area contributed by atoms with Crippen molar-refractivity contribution < 1.29 is 9.53 Å². The third kappa shape index (κ3) is 1.82. The zero-order valence-electron chi connectivity index (χ0n) is 6.21. The van der Waals surface area contributed by atoms with Crippen molar-refractivity contribution in [2.24, 2.45) is 0 Å². The number of nitrogens with one attached hydrogen (secondary N) is 2. The summed E-state index contributed by atoms with van der Waals surface area (Å²) in [5.41, 5.74) is -1.18. The lowest BCUT2D eigenvalue weighted by Gasteiger charge is -1.96. The van der Waals surface area contributed by atoms with Crippen LogP contribution >= 0.6 is 0 Å². The van der Waals surface area contributed by atoms with Gasteiger partial charge in [-0.3, -0.25) is 24.6 Å². The van der Waals surface area contributed by atoms with Crippen molar-refractivity contribution in [2.45, 2.75) is 6.92 Å². The lowest BCUT2D eigenvalue weighted by atomic mass is 10.5. The van der Waals surface area contributed by atoms with Crippen LogP contribution in [0.1, 0.15) is 6.92 Å². The molecule has 1 aromatic heterocycles. The number of hydrogen-bond donors (Lipinski definition) is 2. The van der Waals surface area contributed by atoms with Crippen molar-refractivity contribution in [3.8, 4) is 5.75 Å². The van der Waals surface area contributed by atoms with E-state index < -0.39 is 17.1 Å². The molecule has 12 heavy (non-hydrogen) atoms. The molecule has 2 N–H and O–H groups in total. The van der Waals surface area contributed by atoms with Crippen molar-refractivity contribution in [1.29, 1.82) is 0 Å². The number of ether oxygens (including phenoxy) is 1. The molecule has 0 radical (unpaired) electrons. The van der Waals surface area contributed by atoms with Gasteiger partial charge in [-0.1, -0.05) is 0 Å². The van der Waals surface area contributed by atoms with Gasteiger partial charge in [0, 0.05) is 6.92 Å². The first-order valence-corrected chi connectivity index (χ1v) is 3.10. The smallest absolute Gasteiger partial charge is 0.308 e. The van der Waals surface area contributed by atoms with Crippen LogP contribution in [-0.2, 0) is 4.79 Å². The molecule has 0 bridgehead atoms. The predicted molar refractivity (Wildman–Crippen MR) is 39.0 cm³/mol. The molecule has 0 amide bonds. The second-order valence-electron chi connectivity index (χ2n) is 2.05. The normalized spacial score (nSPS) is 9.42. The van der Waals surface area contributed by atoms with Crippen molar-refractivity contribution in [3.63, 3.8) is 0 Å². The first kappa shape index (κ1) is 8.25. The van der Waals surface area contributed by atoms with E-state index in [-0.39, 0.29) is 5.75 Å². The number of H-pyrrole nitrogens is 2. The molecular formula is C6H6N2O4. The third-order valence-electron chi connectivity index (χ3n) is 1.04. The van der Waals surface area contributed by atoms with E-state index in [9.17, 15) is 14.4 Å². The summed E-state index contributed by atoms with van der Waals surface area (Å²) in [5.74, 6) is -0.947. The molecule has 0 aliphatic rings. The summed E-state index contributed by atoms with van der Waals surface area (Å²) in [6, 6.07) is 0.903. The molecule has 0 atom stereocenters. The van der Waals surface area contributed by atoms with E-state index in [4.69, 9.17) is 0 Å². The summed E-state index contributed by atoms with van der Waals surface area (Å²) < 4.78 is 4.42. The largest absolute Gasteiger partial charge is 0.421 e. The Kier molecular flexibility index (Phi) is 2.09. The van der Waals surface area contributed by atoms with Crippen LogP contribution in [0.2, 0.25) is 0 Å². The van der Waals surface area contributed by atoms with Crippen LogP contribution in [0.4, 0.5) is 0 Å². The summed E-state index contributed by atoms with van der Waals surface area (Å²) in [5, 5.41) is 4.03. The molecule has 1 aromatic rings. The number of rotatable bonds is 1. The Bertz CT molecular complexity index is 402. The Morgan fingerprint density at radius 2 is 2.08 bits per heavy atom. The highest BCUT2D eigenvalue weighted by atomic mass is 16.5. The average molecular weight is 170 g/mol. The minimum atomic E-state index is -0.648. The van der Waals surface area contributed by atoms with Gasteiger partial charge in [0.15, 0.2) is 0 Å². The molecule has 6 nitrogen and oxygen atoms in total. The summed E-state index contributed by atoms with van der Waals surface area (Å²) in [4.78, 5) is 31.8. The van der Waals surface area contributed by atoms with Gasteiger partial charge in [-0.15, -0.1) is 0 Å². The first-order valence-electron chi connectivity index (χ1n) is 3.10. The van der Waals surface area contributed by atoms with Crippen LogP contribution in [0, 0.1) is 0 Å². The fourth-order valence-electron chi connectivity index (χ4n) is 0.631. The van der Waals surface area contributed by atoms with E-state index in [1.807, 2.05) is 10.2 Å². The van der Waals surface area contributed by atoms with Gasteiger partial charge in [0.2, 0.25) is 5.75 Å². The molecule has 0 aromatic carbocycles. The van der Waals surface area contributed by atoms with Gasteiger partial charge in [-0.05, 0) is 0 Å². The third-order valence-corrected chi connectivity index (χ3v) is 1.04. The van der Waals surface area contributed by atoms with Gasteiger partial charge in [-0.2, -0.15) is 0 Å². The summed E-state index contributed by atoms with van der Waals surface area (Å²) in [6.45, 7) is 1.14. The maximum absolute atomic E-state index is 10.8. The first-order chi connectivity index (χ1) is 5.59. The maximum Gasteiger partial charge on any atom is 0.308 e. The molecule has 0 spiro atoms.